The van der Waals surface area contributed by atoms with Crippen LogP contribution in [-0.2, 0) is 17.8 Å². The van der Waals surface area contributed by atoms with Crippen LogP contribution in [0.2, 0.25) is 0 Å². The Balaban J connectivity index is 2.09. The molecule has 0 spiro atoms. The first kappa shape index (κ1) is 19.9. The highest BCUT2D eigenvalue weighted by molar-refractivity contribution is 5.33. The predicted octanol–water partition coefficient (Wildman–Crippen LogP) is 2.85. The van der Waals surface area contributed by atoms with Crippen LogP contribution in [0.25, 0.3) is 0 Å². The molecule has 2 rings (SSSR count). The Morgan fingerprint density at radius 3 is 2.58 bits per heavy atom. The summed E-state index contributed by atoms with van der Waals surface area (Å²) in [7, 11) is 1.63. The zero-order valence-electron chi connectivity index (χ0n) is 14.9. The van der Waals surface area contributed by atoms with Crippen molar-refractivity contribution in [3.05, 3.63) is 65.5 Å². The van der Waals surface area contributed by atoms with Crippen molar-refractivity contribution in [1.82, 2.24) is 4.90 Å². The van der Waals surface area contributed by atoms with Crippen molar-refractivity contribution >= 4 is 0 Å². The molecule has 0 aliphatic carbocycles. The summed E-state index contributed by atoms with van der Waals surface area (Å²) in [5.74, 6) is 2.89. The van der Waals surface area contributed by atoms with E-state index in [4.69, 9.17) is 15.9 Å². The van der Waals surface area contributed by atoms with Crippen molar-refractivity contribution in [3.8, 4) is 18.1 Å². The van der Waals surface area contributed by atoms with Crippen LogP contribution in [0.1, 0.15) is 11.1 Å². The van der Waals surface area contributed by atoms with Crippen molar-refractivity contribution in [1.29, 1.82) is 0 Å². The van der Waals surface area contributed by atoms with Gasteiger partial charge in [-0.15, -0.1) is 6.42 Å². The summed E-state index contributed by atoms with van der Waals surface area (Å²) in [6.45, 7) is 1.86. The number of aliphatic hydroxyl groups is 1. The van der Waals surface area contributed by atoms with E-state index < -0.39 is 6.10 Å². The van der Waals surface area contributed by atoms with Crippen LogP contribution in [0.4, 0.5) is 4.39 Å². The monoisotopic (exact) mass is 357 g/mol. The van der Waals surface area contributed by atoms with Crippen LogP contribution >= 0.6 is 0 Å². The topological polar surface area (TPSA) is 41.9 Å². The number of benzene rings is 2. The van der Waals surface area contributed by atoms with Gasteiger partial charge in [0.2, 0.25) is 0 Å². The molecule has 0 bridgehead atoms. The van der Waals surface area contributed by atoms with Gasteiger partial charge in [0.25, 0.3) is 0 Å². The Morgan fingerprint density at radius 1 is 1.15 bits per heavy atom. The Bertz CT molecular complexity index is 712. The van der Waals surface area contributed by atoms with Gasteiger partial charge in [0, 0.05) is 25.2 Å². The van der Waals surface area contributed by atoms with Crippen molar-refractivity contribution in [2.75, 3.05) is 26.9 Å². The fourth-order valence-electron chi connectivity index (χ4n) is 2.71. The van der Waals surface area contributed by atoms with Crippen molar-refractivity contribution in [3.63, 3.8) is 0 Å². The smallest absolute Gasteiger partial charge is 0.123 e. The standard InChI is InChI=1S/C21H24FNO3/c1-3-12-26-16-20(24)15-23(13-17-8-10-19(22)11-9-17)14-18-6-4-5-7-21(18)25-2/h1,4-11,20,24H,12-16H2,2H3. The molecule has 26 heavy (non-hydrogen) atoms. The summed E-state index contributed by atoms with van der Waals surface area (Å²) in [5.41, 5.74) is 1.96. The quantitative estimate of drug-likeness (QED) is 0.524. The second kappa shape index (κ2) is 10.6. The fraction of sp³-hybridized carbons (Fsp3) is 0.333. The van der Waals surface area contributed by atoms with Gasteiger partial charge >= 0.3 is 0 Å². The van der Waals surface area contributed by atoms with Gasteiger partial charge in [0.15, 0.2) is 0 Å². The third-order valence-corrected chi connectivity index (χ3v) is 3.87. The van der Waals surface area contributed by atoms with E-state index in [1.54, 1.807) is 19.2 Å². The first-order valence-electron chi connectivity index (χ1n) is 8.40. The second-order valence-electron chi connectivity index (χ2n) is 5.98. The molecule has 1 unspecified atom stereocenters. The lowest BCUT2D eigenvalue weighted by Crippen LogP contribution is -2.34. The average molecular weight is 357 g/mol. The molecule has 2 aromatic carbocycles. The molecule has 0 radical (unpaired) electrons. The summed E-state index contributed by atoms with van der Waals surface area (Å²) < 4.78 is 23.8. The first-order valence-corrected chi connectivity index (χ1v) is 8.40. The molecule has 0 fully saturated rings. The second-order valence-corrected chi connectivity index (χ2v) is 5.98. The minimum absolute atomic E-state index is 0.163. The molecule has 0 saturated carbocycles. The highest BCUT2D eigenvalue weighted by Gasteiger charge is 2.15. The molecule has 0 aliphatic heterocycles. The number of terminal acetylenes is 1. The third kappa shape index (κ3) is 6.49. The molecular weight excluding hydrogens is 333 g/mol. The number of hydrogen-bond acceptors (Lipinski definition) is 4. The van der Waals surface area contributed by atoms with Crippen LogP contribution < -0.4 is 4.74 Å². The normalized spacial score (nSPS) is 12.0. The van der Waals surface area contributed by atoms with E-state index in [-0.39, 0.29) is 19.0 Å². The SMILES string of the molecule is C#CCOCC(O)CN(Cc1ccc(F)cc1)Cc1ccccc1OC. The molecule has 0 aliphatic rings. The minimum atomic E-state index is -0.682. The zero-order valence-corrected chi connectivity index (χ0v) is 14.9. The molecule has 0 aromatic heterocycles. The van der Waals surface area contributed by atoms with Crippen LogP contribution in [0, 0.1) is 18.2 Å². The van der Waals surface area contributed by atoms with Crippen molar-refractivity contribution < 1.29 is 19.0 Å². The molecule has 2 aromatic rings. The van der Waals surface area contributed by atoms with Crippen LogP contribution in [0.5, 0.6) is 5.75 Å². The van der Waals surface area contributed by atoms with E-state index >= 15 is 0 Å². The highest BCUT2D eigenvalue weighted by atomic mass is 19.1. The Labute approximate surface area is 154 Å². The van der Waals surface area contributed by atoms with Crippen LogP contribution in [0.15, 0.2) is 48.5 Å². The fourth-order valence-corrected chi connectivity index (χ4v) is 2.71. The number of nitrogens with zero attached hydrogens (tertiary/aromatic N) is 1. The van der Waals surface area contributed by atoms with Gasteiger partial charge in [0.05, 0.1) is 19.8 Å². The molecule has 0 heterocycles. The van der Waals surface area contributed by atoms with Gasteiger partial charge in [0.1, 0.15) is 18.2 Å². The van der Waals surface area contributed by atoms with Gasteiger partial charge in [-0.1, -0.05) is 36.3 Å². The Kier molecular flexibility index (Phi) is 8.10. The van der Waals surface area contributed by atoms with E-state index in [1.807, 2.05) is 24.3 Å². The van der Waals surface area contributed by atoms with E-state index in [1.165, 1.54) is 12.1 Å². The van der Waals surface area contributed by atoms with E-state index in [0.29, 0.717) is 19.6 Å². The maximum absolute atomic E-state index is 13.1. The van der Waals surface area contributed by atoms with Gasteiger partial charge in [-0.05, 0) is 23.8 Å². The van der Waals surface area contributed by atoms with E-state index in [0.717, 1.165) is 16.9 Å². The highest BCUT2D eigenvalue weighted by Crippen LogP contribution is 2.20. The molecule has 0 amide bonds. The lowest BCUT2D eigenvalue weighted by molar-refractivity contribution is 0.0242. The molecule has 5 heteroatoms. The number of para-hydroxylation sites is 1. The Hall–Kier alpha value is -2.39. The predicted molar refractivity (Wildman–Crippen MR) is 99.2 cm³/mol. The number of methoxy groups -OCH3 is 1. The van der Waals surface area contributed by atoms with Crippen molar-refractivity contribution in [2.45, 2.75) is 19.2 Å². The van der Waals surface area contributed by atoms with Gasteiger partial charge in [-0.25, -0.2) is 4.39 Å². The number of ether oxygens (including phenoxy) is 2. The van der Waals surface area contributed by atoms with Crippen LogP contribution in [0.3, 0.4) is 0 Å². The number of halogens is 1. The maximum atomic E-state index is 13.1. The number of rotatable bonds is 10. The minimum Gasteiger partial charge on any atom is -0.496 e. The average Bonchev–Trinajstić information content (AvgIpc) is 2.64. The summed E-state index contributed by atoms with van der Waals surface area (Å²) in [5, 5.41) is 10.2. The largest absolute Gasteiger partial charge is 0.496 e. The summed E-state index contributed by atoms with van der Waals surface area (Å²) in [4.78, 5) is 2.06. The zero-order chi connectivity index (χ0) is 18.8. The van der Waals surface area contributed by atoms with Gasteiger partial charge < -0.3 is 14.6 Å². The number of aliphatic hydroxyl groups excluding tert-OH is 1. The van der Waals surface area contributed by atoms with Crippen molar-refractivity contribution in [2.24, 2.45) is 0 Å². The van der Waals surface area contributed by atoms with Gasteiger partial charge in [-0.2, -0.15) is 0 Å². The maximum Gasteiger partial charge on any atom is 0.123 e. The Morgan fingerprint density at radius 2 is 1.88 bits per heavy atom. The van der Waals surface area contributed by atoms with E-state index in [9.17, 15) is 9.50 Å². The molecule has 0 saturated heterocycles. The van der Waals surface area contributed by atoms with E-state index in [2.05, 4.69) is 10.8 Å². The lowest BCUT2D eigenvalue weighted by Gasteiger charge is -2.26. The first-order chi connectivity index (χ1) is 12.6. The third-order valence-electron chi connectivity index (χ3n) is 3.87. The summed E-state index contributed by atoms with van der Waals surface area (Å²) in [6, 6.07) is 14.1. The lowest BCUT2D eigenvalue weighted by atomic mass is 10.1. The van der Waals surface area contributed by atoms with Crippen LogP contribution in [-0.4, -0.2) is 43.0 Å². The summed E-state index contributed by atoms with van der Waals surface area (Å²) >= 11 is 0. The molecular formula is C21H24FNO3. The molecule has 1 N–H and O–H groups in total. The number of hydrogen-bond donors (Lipinski definition) is 1. The molecule has 4 nitrogen and oxygen atoms in total. The molecule has 138 valence electrons. The van der Waals surface area contributed by atoms with Gasteiger partial charge in [-0.3, -0.25) is 4.90 Å². The molecule has 1 atom stereocenters. The summed E-state index contributed by atoms with van der Waals surface area (Å²) in [6.07, 6.45) is 4.47.